The van der Waals surface area contributed by atoms with Crippen molar-refractivity contribution in [2.75, 3.05) is 13.7 Å². The van der Waals surface area contributed by atoms with Crippen LogP contribution in [0.5, 0.6) is 0 Å². The number of hydrogen-bond donors (Lipinski definition) is 1. The number of nitrogens with two attached hydrogens (primary N) is 1. The van der Waals surface area contributed by atoms with Gasteiger partial charge in [-0.15, -0.1) is 0 Å². The Morgan fingerprint density at radius 3 is 2.87 bits per heavy atom. The van der Waals surface area contributed by atoms with Gasteiger partial charge in [-0.25, -0.2) is 4.39 Å². The van der Waals surface area contributed by atoms with Gasteiger partial charge in [0.15, 0.2) is 0 Å². The van der Waals surface area contributed by atoms with Gasteiger partial charge in [0.2, 0.25) is 0 Å². The zero-order valence-corrected chi connectivity index (χ0v) is 9.43. The maximum Gasteiger partial charge on any atom is 0.127 e. The van der Waals surface area contributed by atoms with Crippen molar-refractivity contribution >= 4 is 11.6 Å². The molecule has 0 aliphatic carbocycles. The van der Waals surface area contributed by atoms with E-state index in [0.717, 1.165) is 0 Å². The van der Waals surface area contributed by atoms with Gasteiger partial charge in [0.05, 0.1) is 6.61 Å². The summed E-state index contributed by atoms with van der Waals surface area (Å²) in [6.45, 7) is 0.495. The second kappa shape index (κ2) is 6.05. The number of methoxy groups -OCH3 is 1. The minimum absolute atomic E-state index is 0.0509. The molecule has 0 saturated heterocycles. The molecule has 0 radical (unpaired) electrons. The zero-order chi connectivity index (χ0) is 11.3. The Labute approximate surface area is 94.2 Å². The molecule has 2 nitrogen and oxygen atoms in total. The summed E-state index contributed by atoms with van der Waals surface area (Å²) < 4.78 is 18.2. The van der Waals surface area contributed by atoms with Crippen molar-refractivity contribution in [3.63, 3.8) is 0 Å². The van der Waals surface area contributed by atoms with Crippen LogP contribution in [-0.4, -0.2) is 19.8 Å². The molecule has 4 heteroatoms. The Morgan fingerprint density at radius 1 is 1.53 bits per heavy atom. The van der Waals surface area contributed by atoms with E-state index in [1.807, 2.05) is 0 Å². The molecular weight excluding hydrogens is 217 g/mol. The highest BCUT2D eigenvalue weighted by molar-refractivity contribution is 6.30. The Morgan fingerprint density at radius 2 is 2.27 bits per heavy atom. The molecule has 0 fully saturated rings. The highest BCUT2D eigenvalue weighted by Gasteiger charge is 2.06. The molecule has 0 bridgehead atoms. The molecule has 1 aromatic carbocycles. The average molecular weight is 232 g/mol. The van der Waals surface area contributed by atoms with Crippen molar-refractivity contribution in [2.24, 2.45) is 5.73 Å². The van der Waals surface area contributed by atoms with Gasteiger partial charge in [0, 0.05) is 18.2 Å². The molecule has 0 spiro atoms. The van der Waals surface area contributed by atoms with Crippen LogP contribution in [0.15, 0.2) is 18.2 Å². The first-order valence-electron chi connectivity index (χ1n) is 4.82. The molecule has 0 aromatic heterocycles. The molecule has 0 aliphatic heterocycles. The molecule has 2 N–H and O–H groups in total. The van der Waals surface area contributed by atoms with Crippen molar-refractivity contribution in [2.45, 2.75) is 18.9 Å². The van der Waals surface area contributed by atoms with Crippen molar-refractivity contribution in [1.82, 2.24) is 0 Å². The first-order chi connectivity index (χ1) is 7.13. The lowest BCUT2D eigenvalue weighted by molar-refractivity contribution is 0.177. The second-order valence-electron chi connectivity index (χ2n) is 3.49. The first-order valence-corrected chi connectivity index (χ1v) is 5.19. The van der Waals surface area contributed by atoms with Crippen LogP contribution in [0.4, 0.5) is 4.39 Å². The SMILES string of the molecule is COCC(N)CCc1ccc(Cl)cc1F. The molecular formula is C11H15ClFNO. The molecule has 0 saturated carbocycles. The summed E-state index contributed by atoms with van der Waals surface area (Å²) >= 11 is 5.64. The molecule has 1 atom stereocenters. The van der Waals surface area contributed by atoms with Crippen molar-refractivity contribution in [3.8, 4) is 0 Å². The van der Waals surface area contributed by atoms with E-state index >= 15 is 0 Å². The third kappa shape index (κ3) is 4.16. The van der Waals surface area contributed by atoms with E-state index < -0.39 is 0 Å². The largest absolute Gasteiger partial charge is 0.383 e. The van der Waals surface area contributed by atoms with Gasteiger partial charge in [-0.1, -0.05) is 17.7 Å². The summed E-state index contributed by atoms with van der Waals surface area (Å²) in [5.74, 6) is -0.271. The molecule has 1 unspecified atom stereocenters. The number of benzene rings is 1. The summed E-state index contributed by atoms with van der Waals surface area (Å²) in [4.78, 5) is 0. The predicted octanol–water partition coefficient (Wildman–Crippen LogP) is 2.39. The summed E-state index contributed by atoms with van der Waals surface area (Å²) in [6, 6.07) is 4.64. The fourth-order valence-electron chi connectivity index (χ4n) is 1.36. The predicted molar refractivity (Wildman–Crippen MR) is 59.6 cm³/mol. The molecule has 0 amide bonds. The highest BCUT2D eigenvalue weighted by Crippen LogP contribution is 2.16. The Hall–Kier alpha value is -0.640. The maximum atomic E-state index is 13.3. The number of rotatable bonds is 5. The topological polar surface area (TPSA) is 35.2 Å². The molecule has 0 aliphatic rings. The monoisotopic (exact) mass is 231 g/mol. The third-order valence-electron chi connectivity index (χ3n) is 2.18. The van der Waals surface area contributed by atoms with Crippen molar-refractivity contribution < 1.29 is 9.13 Å². The van der Waals surface area contributed by atoms with Crippen LogP contribution in [0.2, 0.25) is 5.02 Å². The number of ether oxygens (including phenoxy) is 1. The van der Waals surface area contributed by atoms with Crippen molar-refractivity contribution in [3.05, 3.63) is 34.6 Å². The minimum Gasteiger partial charge on any atom is -0.383 e. The normalized spacial score (nSPS) is 12.8. The van der Waals surface area contributed by atoms with Gasteiger partial charge in [-0.2, -0.15) is 0 Å². The Kier molecular flexibility index (Phi) is 5.02. The fourth-order valence-corrected chi connectivity index (χ4v) is 1.52. The van der Waals surface area contributed by atoms with Crippen LogP contribution in [0.3, 0.4) is 0 Å². The van der Waals surface area contributed by atoms with Crippen LogP contribution in [-0.2, 0) is 11.2 Å². The van der Waals surface area contributed by atoms with E-state index in [1.165, 1.54) is 6.07 Å². The fraction of sp³-hybridized carbons (Fsp3) is 0.455. The van der Waals surface area contributed by atoms with Crippen LogP contribution in [0.1, 0.15) is 12.0 Å². The van der Waals surface area contributed by atoms with E-state index in [1.54, 1.807) is 19.2 Å². The summed E-state index contributed by atoms with van der Waals surface area (Å²) in [5.41, 5.74) is 6.38. The summed E-state index contributed by atoms with van der Waals surface area (Å²) in [7, 11) is 1.60. The molecule has 1 rings (SSSR count). The maximum absolute atomic E-state index is 13.3. The van der Waals surface area contributed by atoms with Crippen LogP contribution in [0.25, 0.3) is 0 Å². The van der Waals surface area contributed by atoms with Crippen LogP contribution >= 0.6 is 11.6 Å². The average Bonchev–Trinajstić information content (AvgIpc) is 2.17. The first kappa shape index (κ1) is 12.4. The lowest BCUT2D eigenvalue weighted by atomic mass is 10.1. The van der Waals surface area contributed by atoms with E-state index in [9.17, 15) is 4.39 Å². The van der Waals surface area contributed by atoms with Gasteiger partial charge >= 0.3 is 0 Å². The lowest BCUT2D eigenvalue weighted by Gasteiger charge is -2.10. The molecule has 0 heterocycles. The van der Waals surface area contributed by atoms with Gasteiger partial charge < -0.3 is 10.5 Å². The number of hydrogen-bond acceptors (Lipinski definition) is 2. The van der Waals surface area contributed by atoms with Gasteiger partial charge in [-0.3, -0.25) is 0 Å². The standard InChI is InChI=1S/C11H15ClFNO/c1-15-7-10(14)5-3-8-2-4-9(12)6-11(8)13/h2,4,6,10H,3,5,7,14H2,1H3. The molecule has 15 heavy (non-hydrogen) atoms. The minimum atomic E-state index is -0.271. The van der Waals surface area contributed by atoms with Crippen molar-refractivity contribution in [1.29, 1.82) is 0 Å². The van der Waals surface area contributed by atoms with Crippen LogP contribution in [0, 0.1) is 5.82 Å². The summed E-state index contributed by atoms with van der Waals surface area (Å²) in [6.07, 6.45) is 1.31. The van der Waals surface area contributed by atoms with E-state index in [2.05, 4.69) is 0 Å². The Bertz CT molecular complexity index is 319. The highest BCUT2D eigenvalue weighted by atomic mass is 35.5. The van der Waals surface area contributed by atoms with E-state index in [0.29, 0.717) is 30.0 Å². The quantitative estimate of drug-likeness (QED) is 0.845. The summed E-state index contributed by atoms with van der Waals surface area (Å²) in [5, 5.41) is 0.414. The van der Waals surface area contributed by atoms with Gasteiger partial charge in [0.25, 0.3) is 0 Å². The van der Waals surface area contributed by atoms with E-state index in [4.69, 9.17) is 22.1 Å². The Balaban J connectivity index is 2.50. The second-order valence-corrected chi connectivity index (χ2v) is 3.93. The van der Waals surface area contributed by atoms with Crippen LogP contribution < -0.4 is 5.73 Å². The molecule has 84 valence electrons. The zero-order valence-electron chi connectivity index (χ0n) is 8.67. The smallest absolute Gasteiger partial charge is 0.127 e. The number of aryl methyl sites for hydroxylation is 1. The van der Waals surface area contributed by atoms with E-state index in [-0.39, 0.29) is 11.9 Å². The van der Waals surface area contributed by atoms with Gasteiger partial charge in [-0.05, 0) is 30.5 Å². The lowest BCUT2D eigenvalue weighted by Crippen LogP contribution is -2.26. The third-order valence-corrected chi connectivity index (χ3v) is 2.42. The molecule has 1 aromatic rings. The van der Waals surface area contributed by atoms with Gasteiger partial charge in [0.1, 0.15) is 5.82 Å². The number of halogens is 2.